The number of rotatable bonds is 7. The first-order chi connectivity index (χ1) is 13.0. The largest absolute Gasteiger partial charge is 0.497 e. The molecule has 1 aliphatic heterocycles. The number of carbonyl (C=O) groups is 3. The van der Waals surface area contributed by atoms with Crippen LogP contribution in [0.5, 0.6) is 5.75 Å². The summed E-state index contributed by atoms with van der Waals surface area (Å²) >= 11 is 0. The summed E-state index contributed by atoms with van der Waals surface area (Å²) in [7, 11) is 3.46. The van der Waals surface area contributed by atoms with Crippen LogP contribution in [0.1, 0.15) is 17.7 Å². The second-order valence-corrected chi connectivity index (χ2v) is 6.37. The number of hydrogen-bond acceptors (Lipinski definition) is 4. The Labute approximate surface area is 157 Å². The Kier molecular flexibility index (Phi) is 5.44. The van der Waals surface area contributed by atoms with E-state index >= 15 is 0 Å². The minimum Gasteiger partial charge on any atom is -0.497 e. The second kappa shape index (κ2) is 7.94. The van der Waals surface area contributed by atoms with Crippen LogP contribution in [0, 0.1) is 0 Å². The lowest BCUT2D eigenvalue weighted by Gasteiger charge is -2.13. The van der Waals surface area contributed by atoms with Crippen molar-refractivity contribution in [2.75, 3.05) is 7.11 Å². The van der Waals surface area contributed by atoms with Crippen LogP contribution >= 0.6 is 0 Å². The van der Waals surface area contributed by atoms with Crippen molar-refractivity contribution in [2.24, 2.45) is 7.05 Å². The maximum absolute atomic E-state index is 12.5. The molecule has 1 fully saturated rings. The van der Waals surface area contributed by atoms with Crippen LogP contribution < -0.4 is 15.4 Å². The van der Waals surface area contributed by atoms with Gasteiger partial charge in [-0.2, -0.15) is 0 Å². The Bertz CT molecular complexity index is 844. The molecule has 142 valence electrons. The number of methoxy groups -OCH3 is 1. The molecule has 1 saturated heterocycles. The Morgan fingerprint density at radius 2 is 1.96 bits per heavy atom. The van der Waals surface area contributed by atoms with Crippen molar-refractivity contribution in [1.29, 1.82) is 0 Å². The average Bonchev–Trinajstić information content (AvgIpc) is 3.18. The standard InChI is InChI=1S/C19H22N4O4/c1-22-9-3-4-14(22)11-20-17(24)10-16-18(25)23(19(26)21-16)12-13-5-7-15(27-2)8-6-13/h3-9,16H,10-12H2,1-2H3,(H,20,24)(H,21,26). The first-order valence-electron chi connectivity index (χ1n) is 8.59. The lowest BCUT2D eigenvalue weighted by molar-refractivity contribution is -0.131. The highest BCUT2D eigenvalue weighted by molar-refractivity contribution is 6.05. The molecule has 4 amide bonds. The Hall–Kier alpha value is -3.29. The molecule has 0 saturated carbocycles. The number of hydrogen-bond donors (Lipinski definition) is 2. The van der Waals surface area contributed by atoms with E-state index in [1.54, 1.807) is 31.4 Å². The summed E-state index contributed by atoms with van der Waals surface area (Å²) in [5, 5.41) is 5.35. The SMILES string of the molecule is COc1ccc(CN2C(=O)NC(CC(=O)NCc3cccn3C)C2=O)cc1. The number of carbonyl (C=O) groups excluding carboxylic acids is 3. The zero-order chi connectivity index (χ0) is 19.4. The van der Waals surface area contributed by atoms with Crippen molar-refractivity contribution >= 4 is 17.8 Å². The highest BCUT2D eigenvalue weighted by Crippen LogP contribution is 2.17. The fourth-order valence-corrected chi connectivity index (χ4v) is 2.91. The topological polar surface area (TPSA) is 92.7 Å². The average molecular weight is 370 g/mol. The van der Waals surface area contributed by atoms with E-state index in [0.29, 0.717) is 12.3 Å². The molecule has 3 rings (SSSR count). The molecule has 1 atom stereocenters. The monoisotopic (exact) mass is 370 g/mol. The molecule has 0 radical (unpaired) electrons. The van der Waals surface area contributed by atoms with E-state index in [9.17, 15) is 14.4 Å². The molecule has 8 heteroatoms. The van der Waals surface area contributed by atoms with Gasteiger partial charge in [0.1, 0.15) is 11.8 Å². The molecular weight excluding hydrogens is 348 g/mol. The molecule has 2 N–H and O–H groups in total. The van der Waals surface area contributed by atoms with Crippen molar-refractivity contribution in [1.82, 2.24) is 20.1 Å². The van der Waals surface area contributed by atoms with E-state index in [1.165, 1.54) is 0 Å². The highest BCUT2D eigenvalue weighted by atomic mass is 16.5. The van der Waals surface area contributed by atoms with Crippen molar-refractivity contribution < 1.29 is 19.1 Å². The quantitative estimate of drug-likeness (QED) is 0.716. The minimum absolute atomic E-state index is 0.0892. The van der Waals surface area contributed by atoms with E-state index in [1.807, 2.05) is 29.9 Å². The van der Waals surface area contributed by atoms with Crippen LogP contribution in [0.4, 0.5) is 4.79 Å². The van der Waals surface area contributed by atoms with Crippen LogP contribution in [-0.4, -0.2) is 40.5 Å². The summed E-state index contributed by atoms with van der Waals surface area (Å²) in [6.07, 6.45) is 1.80. The normalized spacial score (nSPS) is 16.4. The van der Waals surface area contributed by atoms with Gasteiger partial charge >= 0.3 is 6.03 Å². The number of amides is 4. The number of urea groups is 1. The molecule has 1 aromatic heterocycles. The number of aryl methyl sites for hydroxylation is 1. The zero-order valence-electron chi connectivity index (χ0n) is 15.3. The van der Waals surface area contributed by atoms with Gasteiger partial charge in [-0.15, -0.1) is 0 Å². The van der Waals surface area contributed by atoms with E-state index in [-0.39, 0.29) is 18.9 Å². The number of ether oxygens (including phenoxy) is 1. The van der Waals surface area contributed by atoms with Gasteiger partial charge in [0.05, 0.1) is 26.6 Å². The maximum Gasteiger partial charge on any atom is 0.325 e. The zero-order valence-corrected chi connectivity index (χ0v) is 15.3. The van der Waals surface area contributed by atoms with E-state index < -0.39 is 18.0 Å². The van der Waals surface area contributed by atoms with Crippen molar-refractivity contribution in [3.8, 4) is 5.75 Å². The van der Waals surface area contributed by atoms with Gasteiger partial charge < -0.3 is 19.9 Å². The summed E-state index contributed by atoms with van der Waals surface area (Å²) in [4.78, 5) is 37.9. The number of benzene rings is 1. The fourth-order valence-electron chi connectivity index (χ4n) is 2.91. The number of nitrogens with one attached hydrogen (secondary N) is 2. The molecule has 2 aromatic rings. The highest BCUT2D eigenvalue weighted by Gasteiger charge is 2.38. The molecule has 1 aliphatic rings. The maximum atomic E-state index is 12.5. The predicted molar refractivity (Wildman–Crippen MR) is 97.7 cm³/mol. The Morgan fingerprint density at radius 3 is 2.59 bits per heavy atom. The molecule has 0 spiro atoms. The van der Waals surface area contributed by atoms with Gasteiger partial charge in [-0.3, -0.25) is 14.5 Å². The molecule has 27 heavy (non-hydrogen) atoms. The Morgan fingerprint density at radius 1 is 1.22 bits per heavy atom. The molecule has 1 aromatic carbocycles. The molecule has 0 aliphatic carbocycles. The summed E-state index contributed by atoms with van der Waals surface area (Å²) in [6, 6.07) is 9.57. The van der Waals surface area contributed by atoms with E-state index in [0.717, 1.165) is 16.2 Å². The van der Waals surface area contributed by atoms with Gasteiger partial charge in [0.15, 0.2) is 0 Å². The van der Waals surface area contributed by atoms with Crippen molar-refractivity contribution in [2.45, 2.75) is 25.6 Å². The van der Waals surface area contributed by atoms with Gasteiger partial charge in [0.25, 0.3) is 5.91 Å². The third-order valence-electron chi connectivity index (χ3n) is 4.51. The van der Waals surface area contributed by atoms with Gasteiger partial charge in [0, 0.05) is 18.9 Å². The van der Waals surface area contributed by atoms with Gasteiger partial charge in [-0.1, -0.05) is 12.1 Å². The van der Waals surface area contributed by atoms with Crippen LogP contribution in [0.2, 0.25) is 0 Å². The van der Waals surface area contributed by atoms with Crippen LogP contribution in [-0.2, 0) is 29.7 Å². The molecule has 1 unspecified atom stereocenters. The predicted octanol–water partition coefficient (Wildman–Crippen LogP) is 1.16. The third-order valence-corrected chi connectivity index (χ3v) is 4.51. The Balaban J connectivity index is 1.55. The van der Waals surface area contributed by atoms with Gasteiger partial charge in [-0.25, -0.2) is 4.79 Å². The molecule has 0 bridgehead atoms. The summed E-state index contributed by atoms with van der Waals surface area (Å²) in [5.74, 6) is 0.00898. The van der Waals surface area contributed by atoms with Gasteiger partial charge in [0.2, 0.25) is 5.91 Å². The number of aromatic nitrogens is 1. The van der Waals surface area contributed by atoms with Crippen LogP contribution in [0.15, 0.2) is 42.6 Å². The molecule has 8 nitrogen and oxygen atoms in total. The van der Waals surface area contributed by atoms with Crippen molar-refractivity contribution in [3.63, 3.8) is 0 Å². The third kappa shape index (κ3) is 4.28. The summed E-state index contributed by atoms with van der Waals surface area (Å²) in [6.45, 7) is 0.517. The summed E-state index contributed by atoms with van der Waals surface area (Å²) < 4.78 is 7.00. The van der Waals surface area contributed by atoms with E-state index in [2.05, 4.69) is 10.6 Å². The first kappa shape index (κ1) is 18.5. The minimum atomic E-state index is -0.843. The molecule has 2 heterocycles. The second-order valence-electron chi connectivity index (χ2n) is 6.37. The van der Waals surface area contributed by atoms with Gasteiger partial charge in [-0.05, 0) is 29.8 Å². The fraction of sp³-hybridized carbons (Fsp3) is 0.316. The van der Waals surface area contributed by atoms with Crippen molar-refractivity contribution in [3.05, 3.63) is 53.9 Å². The number of nitrogens with zero attached hydrogens (tertiary/aromatic N) is 2. The first-order valence-corrected chi connectivity index (χ1v) is 8.59. The van der Waals surface area contributed by atoms with Crippen LogP contribution in [0.25, 0.3) is 0 Å². The smallest absolute Gasteiger partial charge is 0.325 e. The lowest BCUT2D eigenvalue weighted by Crippen LogP contribution is -2.36. The van der Waals surface area contributed by atoms with E-state index in [4.69, 9.17) is 4.74 Å². The lowest BCUT2D eigenvalue weighted by atomic mass is 10.1. The summed E-state index contributed by atoms with van der Waals surface area (Å²) in [5.41, 5.74) is 1.75. The van der Waals surface area contributed by atoms with Crippen LogP contribution in [0.3, 0.4) is 0 Å². The molecular formula is C19H22N4O4. The number of imide groups is 1.